The van der Waals surface area contributed by atoms with Crippen LogP contribution in [0.2, 0.25) is 0 Å². The van der Waals surface area contributed by atoms with Gasteiger partial charge < -0.3 is 14.7 Å². The quantitative estimate of drug-likeness (QED) is 0.393. The van der Waals surface area contributed by atoms with E-state index in [0.717, 1.165) is 12.8 Å². The van der Waals surface area contributed by atoms with Crippen molar-refractivity contribution in [1.29, 1.82) is 0 Å². The van der Waals surface area contributed by atoms with Crippen LogP contribution in [0.15, 0.2) is 5.16 Å². The van der Waals surface area contributed by atoms with Crippen molar-refractivity contribution in [2.24, 2.45) is 5.16 Å². The fourth-order valence-corrected chi connectivity index (χ4v) is 1.30. The fourth-order valence-electron chi connectivity index (χ4n) is 1.30. The highest BCUT2D eigenvalue weighted by Gasteiger charge is 2.35. The molecular formula is C6H9NO3. The van der Waals surface area contributed by atoms with Crippen LogP contribution in [0, 0.1) is 0 Å². The lowest BCUT2D eigenvalue weighted by Gasteiger charge is -2.17. The third kappa shape index (κ3) is 0.803. The molecule has 0 aliphatic carbocycles. The van der Waals surface area contributed by atoms with Crippen molar-refractivity contribution in [2.75, 3.05) is 6.61 Å². The summed E-state index contributed by atoms with van der Waals surface area (Å²) in [5, 5.41) is 11.5. The summed E-state index contributed by atoms with van der Waals surface area (Å²) in [5.74, 6) is 0. The monoisotopic (exact) mass is 143 g/mol. The lowest BCUT2D eigenvalue weighted by Crippen LogP contribution is -2.28. The van der Waals surface area contributed by atoms with Crippen molar-refractivity contribution in [1.82, 2.24) is 0 Å². The molecule has 2 aliphatic heterocycles. The Balaban J connectivity index is 2.14. The number of fused-ring (bicyclic) bond motifs is 2. The summed E-state index contributed by atoms with van der Waals surface area (Å²) in [4.78, 5) is 0. The van der Waals surface area contributed by atoms with Gasteiger partial charge in [-0.1, -0.05) is 5.16 Å². The van der Waals surface area contributed by atoms with Gasteiger partial charge in [-0.15, -0.1) is 0 Å². The third-order valence-corrected chi connectivity index (χ3v) is 1.87. The molecular weight excluding hydrogens is 134 g/mol. The minimum absolute atomic E-state index is 0.232. The first kappa shape index (κ1) is 6.12. The second kappa shape index (κ2) is 2.21. The van der Waals surface area contributed by atoms with Crippen molar-refractivity contribution in [3.8, 4) is 0 Å². The van der Waals surface area contributed by atoms with Crippen LogP contribution in [-0.4, -0.2) is 29.9 Å². The SMILES string of the molecule is O/N=C1\CC[C@H]2CO[C@H]1O2. The fraction of sp³-hybridized carbons (Fsp3) is 0.833. The molecule has 10 heavy (non-hydrogen) atoms. The normalized spacial score (nSPS) is 42.6. The molecule has 0 aromatic rings. The van der Waals surface area contributed by atoms with Crippen molar-refractivity contribution >= 4 is 5.71 Å². The maximum absolute atomic E-state index is 8.44. The Labute approximate surface area is 58.4 Å². The van der Waals surface area contributed by atoms with Gasteiger partial charge in [-0.2, -0.15) is 0 Å². The van der Waals surface area contributed by atoms with E-state index >= 15 is 0 Å². The standard InChI is InChI=1S/C6H9NO3/c8-7-5-2-1-4-3-9-6(5)10-4/h4,6,8H,1-3H2/b7-5+/t4-,6-/m0/s1. The van der Waals surface area contributed by atoms with Gasteiger partial charge in [0.25, 0.3) is 0 Å². The highest BCUT2D eigenvalue weighted by Crippen LogP contribution is 2.24. The van der Waals surface area contributed by atoms with E-state index in [2.05, 4.69) is 5.16 Å². The van der Waals surface area contributed by atoms with Crippen LogP contribution in [0.3, 0.4) is 0 Å². The maximum atomic E-state index is 8.44. The summed E-state index contributed by atoms with van der Waals surface area (Å²) in [6.45, 7) is 0.643. The highest BCUT2D eigenvalue weighted by molar-refractivity contribution is 5.88. The number of oxime groups is 1. The van der Waals surface area contributed by atoms with Gasteiger partial charge in [-0.25, -0.2) is 0 Å². The number of hydrogen-bond donors (Lipinski definition) is 1. The molecule has 2 atom stereocenters. The second-order valence-electron chi connectivity index (χ2n) is 2.55. The minimum Gasteiger partial charge on any atom is -0.411 e. The van der Waals surface area contributed by atoms with Gasteiger partial charge in [0, 0.05) is 0 Å². The van der Waals surface area contributed by atoms with Gasteiger partial charge in [-0.3, -0.25) is 0 Å². The third-order valence-electron chi connectivity index (χ3n) is 1.87. The Morgan fingerprint density at radius 2 is 2.50 bits per heavy atom. The summed E-state index contributed by atoms with van der Waals surface area (Å²) < 4.78 is 10.5. The zero-order valence-electron chi connectivity index (χ0n) is 5.49. The van der Waals surface area contributed by atoms with Crippen LogP contribution >= 0.6 is 0 Å². The van der Waals surface area contributed by atoms with Crippen LogP contribution < -0.4 is 0 Å². The molecule has 2 bridgehead atoms. The predicted molar refractivity (Wildman–Crippen MR) is 33.1 cm³/mol. The molecule has 56 valence electrons. The van der Waals surface area contributed by atoms with Crippen molar-refractivity contribution < 1.29 is 14.7 Å². The minimum atomic E-state index is -0.358. The Kier molecular flexibility index (Phi) is 1.35. The summed E-state index contributed by atoms with van der Waals surface area (Å²) in [6, 6.07) is 0. The van der Waals surface area contributed by atoms with Crippen molar-refractivity contribution in [2.45, 2.75) is 25.2 Å². The molecule has 0 amide bonds. The second-order valence-corrected chi connectivity index (χ2v) is 2.55. The maximum Gasteiger partial charge on any atom is 0.200 e. The molecule has 2 heterocycles. The first-order valence-electron chi connectivity index (χ1n) is 3.38. The molecule has 0 aromatic carbocycles. The molecule has 0 aromatic heterocycles. The molecule has 0 unspecified atom stereocenters. The molecule has 0 radical (unpaired) electrons. The molecule has 2 rings (SSSR count). The average Bonchev–Trinajstić information content (AvgIpc) is 2.34. The summed E-state index contributed by atoms with van der Waals surface area (Å²) in [5.41, 5.74) is 0.619. The van der Waals surface area contributed by atoms with Gasteiger partial charge in [0.2, 0.25) is 6.29 Å². The Bertz CT molecular complexity index is 168. The topological polar surface area (TPSA) is 51.1 Å². The van der Waals surface area contributed by atoms with E-state index in [4.69, 9.17) is 14.7 Å². The summed E-state index contributed by atoms with van der Waals surface area (Å²) in [6.07, 6.45) is 1.58. The molecule has 0 saturated carbocycles. The average molecular weight is 143 g/mol. The van der Waals surface area contributed by atoms with Crippen LogP contribution in [-0.2, 0) is 9.47 Å². The molecule has 1 N–H and O–H groups in total. The number of nitrogens with zero attached hydrogens (tertiary/aromatic N) is 1. The van der Waals surface area contributed by atoms with E-state index < -0.39 is 0 Å². The van der Waals surface area contributed by atoms with Crippen LogP contribution in [0.4, 0.5) is 0 Å². The highest BCUT2D eigenvalue weighted by atomic mass is 16.7. The Morgan fingerprint density at radius 1 is 1.60 bits per heavy atom. The smallest absolute Gasteiger partial charge is 0.200 e. The zero-order chi connectivity index (χ0) is 6.97. The van der Waals surface area contributed by atoms with E-state index in [1.54, 1.807) is 0 Å². The van der Waals surface area contributed by atoms with E-state index in [0.29, 0.717) is 12.3 Å². The number of hydrogen-bond acceptors (Lipinski definition) is 4. The Morgan fingerprint density at radius 3 is 3.30 bits per heavy atom. The van der Waals surface area contributed by atoms with Gasteiger partial charge in [-0.05, 0) is 12.8 Å². The molecule has 2 aliphatic rings. The molecule has 2 saturated heterocycles. The largest absolute Gasteiger partial charge is 0.411 e. The number of ether oxygens (including phenoxy) is 2. The predicted octanol–water partition coefficient (Wildman–Crippen LogP) is 0.352. The molecule has 0 spiro atoms. The van der Waals surface area contributed by atoms with Crippen LogP contribution in [0.25, 0.3) is 0 Å². The summed E-state index contributed by atoms with van der Waals surface area (Å²) in [7, 11) is 0. The van der Waals surface area contributed by atoms with E-state index in [9.17, 15) is 0 Å². The zero-order valence-corrected chi connectivity index (χ0v) is 5.49. The van der Waals surface area contributed by atoms with Gasteiger partial charge in [0.1, 0.15) is 5.71 Å². The first-order chi connectivity index (χ1) is 4.90. The summed E-state index contributed by atoms with van der Waals surface area (Å²) >= 11 is 0. The van der Waals surface area contributed by atoms with E-state index in [-0.39, 0.29) is 12.4 Å². The van der Waals surface area contributed by atoms with E-state index in [1.165, 1.54) is 0 Å². The van der Waals surface area contributed by atoms with Gasteiger partial charge in [0.15, 0.2) is 0 Å². The molecule has 2 fully saturated rings. The lowest BCUT2D eigenvalue weighted by molar-refractivity contribution is -0.0186. The van der Waals surface area contributed by atoms with Crippen LogP contribution in [0.1, 0.15) is 12.8 Å². The first-order valence-corrected chi connectivity index (χ1v) is 3.38. The number of rotatable bonds is 0. The Hall–Kier alpha value is -0.610. The lowest BCUT2D eigenvalue weighted by atomic mass is 10.1. The van der Waals surface area contributed by atoms with Crippen molar-refractivity contribution in [3.63, 3.8) is 0 Å². The van der Waals surface area contributed by atoms with Gasteiger partial charge in [0.05, 0.1) is 12.7 Å². The molecule has 4 nitrogen and oxygen atoms in total. The van der Waals surface area contributed by atoms with Gasteiger partial charge >= 0.3 is 0 Å². The van der Waals surface area contributed by atoms with E-state index in [1.807, 2.05) is 0 Å². The molecule has 4 heteroatoms. The van der Waals surface area contributed by atoms with Crippen molar-refractivity contribution in [3.05, 3.63) is 0 Å². The van der Waals surface area contributed by atoms with Crippen LogP contribution in [0.5, 0.6) is 0 Å².